The average molecular weight is 323 g/mol. The maximum absolute atomic E-state index is 12.5. The van der Waals surface area contributed by atoms with E-state index in [-0.39, 0.29) is 28.5 Å². The first kappa shape index (κ1) is 15.4. The normalized spacial score (nSPS) is 22.5. The lowest BCUT2D eigenvalue weighted by Gasteiger charge is -2.22. The number of sulfonamides is 1. The number of sulfone groups is 1. The summed E-state index contributed by atoms with van der Waals surface area (Å²) in [7, 11) is -5.77. The molecule has 1 unspecified atom stereocenters. The first-order valence-corrected chi connectivity index (χ1v) is 9.28. The van der Waals surface area contributed by atoms with Gasteiger partial charge in [0.2, 0.25) is 0 Å². The maximum atomic E-state index is 12.5. The molecule has 1 aromatic rings. The van der Waals surface area contributed by atoms with Crippen LogP contribution in [0.3, 0.4) is 0 Å². The van der Waals surface area contributed by atoms with Crippen molar-refractivity contribution in [3.63, 3.8) is 0 Å². The molecule has 0 radical (unpaired) electrons. The van der Waals surface area contributed by atoms with Gasteiger partial charge in [-0.3, -0.25) is 5.10 Å². The first-order chi connectivity index (χ1) is 9.19. The SMILES string of the molecule is Cc1[nH]nc(S(=O)(=O)N(C)C2CCS(=O)(=O)C2)c1CO. The van der Waals surface area contributed by atoms with Gasteiger partial charge in [0, 0.05) is 24.3 Å². The number of aromatic amines is 1. The topological polar surface area (TPSA) is 120 Å². The first-order valence-electron chi connectivity index (χ1n) is 6.02. The molecule has 1 aromatic heterocycles. The third-order valence-corrected chi connectivity index (χ3v) is 7.17. The molecule has 1 aliphatic rings. The summed E-state index contributed by atoms with van der Waals surface area (Å²) in [5, 5.41) is 15.2. The highest BCUT2D eigenvalue weighted by atomic mass is 32.2. The molecule has 20 heavy (non-hydrogen) atoms. The number of aliphatic hydroxyl groups is 1. The highest BCUT2D eigenvalue weighted by Gasteiger charge is 2.38. The van der Waals surface area contributed by atoms with Gasteiger partial charge in [-0.05, 0) is 13.3 Å². The van der Waals surface area contributed by atoms with Crippen LogP contribution in [0.1, 0.15) is 17.7 Å². The molecule has 10 heteroatoms. The molecule has 2 N–H and O–H groups in total. The van der Waals surface area contributed by atoms with Gasteiger partial charge >= 0.3 is 0 Å². The lowest BCUT2D eigenvalue weighted by Crippen LogP contribution is -2.38. The van der Waals surface area contributed by atoms with E-state index in [0.29, 0.717) is 5.69 Å². The Kier molecular flexibility index (Phi) is 3.93. The van der Waals surface area contributed by atoms with E-state index in [1.807, 2.05) is 0 Å². The van der Waals surface area contributed by atoms with E-state index >= 15 is 0 Å². The lowest BCUT2D eigenvalue weighted by molar-refractivity contribution is 0.277. The summed E-state index contributed by atoms with van der Waals surface area (Å²) in [6, 6.07) is -0.589. The van der Waals surface area contributed by atoms with Crippen LogP contribution in [-0.2, 0) is 26.5 Å². The number of H-pyrrole nitrogens is 1. The van der Waals surface area contributed by atoms with Gasteiger partial charge < -0.3 is 5.11 Å². The zero-order valence-electron chi connectivity index (χ0n) is 11.2. The molecule has 1 saturated heterocycles. The number of hydrogen-bond donors (Lipinski definition) is 2. The van der Waals surface area contributed by atoms with Gasteiger partial charge in [-0.2, -0.15) is 9.40 Å². The summed E-state index contributed by atoms with van der Waals surface area (Å²) in [6.45, 7) is 1.16. The molecule has 1 atom stereocenters. The second kappa shape index (κ2) is 5.10. The van der Waals surface area contributed by atoms with Crippen molar-refractivity contribution in [2.24, 2.45) is 0 Å². The van der Waals surface area contributed by atoms with E-state index in [0.717, 1.165) is 4.31 Å². The molecule has 0 spiro atoms. The molecule has 2 rings (SSSR count). The molecule has 2 heterocycles. The van der Waals surface area contributed by atoms with Crippen LogP contribution in [0.15, 0.2) is 5.03 Å². The molecular formula is C10H17N3O5S2. The number of aliphatic hydroxyl groups excluding tert-OH is 1. The fourth-order valence-corrected chi connectivity index (χ4v) is 5.63. The molecule has 1 aliphatic heterocycles. The lowest BCUT2D eigenvalue weighted by atomic mass is 10.3. The number of nitrogens with zero attached hydrogens (tertiary/aromatic N) is 2. The Morgan fingerprint density at radius 1 is 1.50 bits per heavy atom. The molecule has 114 valence electrons. The third-order valence-electron chi connectivity index (χ3n) is 3.54. The molecule has 8 nitrogen and oxygen atoms in total. The van der Waals surface area contributed by atoms with Gasteiger partial charge in [-0.15, -0.1) is 0 Å². The van der Waals surface area contributed by atoms with Gasteiger partial charge in [0.25, 0.3) is 10.0 Å². The van der Waals surface area contributed by atoms with Crippen molar-refractivity contribution in [1.29, 1.82) is 0 Å². The summed E-state index contributed by atoms with van der Waals surface area (Å²) >= 11 is 0. The van der Waals surface area contributed by atoms with E-state index in [9.17, 15) is 21.9 Å². The average Bonchev–Trinajstić information content (AvgIpc) is 2.91. The van der Waals surface area contributed by atoms with Crippen molar-refractivity contribution in [2.45, 2.75) is 31.0 Å². The van der Waals surface area contributed by atoms with E-state index in [2.05, 4.69) is 10.2 Å². The Balaban J connectivity index is 2.35. The van der Waals surface area contributed by atoms with Crippen LogP contribution in [0.2, 0.25) is 0 Å². The van der Waals surface area contributed by atoms with Gasteiger partial charge in [-0.1, -0.05) is 0 Å². The number of aromatic nitrogens is 2. The largest absolute Gasteiger partial charge is 0.392 e. The predicted octanol–water partition coefficient (Wildman–Crippen LogP) is -0.982. The predicted molar refractivity (Wildman–Crippen MR) is 71.3 cm³/mol. The second-order valence-electron chi connectivity index (χ2n) is 4.87. The summed E-state index contributed by atoms with van der Waals surface area (Å²) < 4.78 is 48.9. The van der Waals surface area contributed by atoms with E-state index in [1.165, 1.54) is 7.05 Å². The highest BCUT2D eigenvalue weighted by Crippen LogP contribution is 2.25. The maximum Gasteiger partial charge on any atom is 0.262 e. The minimum Gasteiger partial charge on any atom is -0.392 e. The number of rotatable bonds is 4. The number of aryl methyl sites for hydroxylation is 1. The Morgan fingerprint density at radius 2 is 2.15 bits per heavy atom. The van der Waals surface area contributed by atoms with Crippen LogP contribution in [0, 0.1) is 6.92 Å². The molecule has 1 fully saturated rings. The minimum atomic E-state index is -3.93. The summed E-state index contributed by atoms with van der Waals surface area (Å²) in [4.78, 5) is 0. The zero-order valence-corrected chi connectivity index (χ0v) is 12.8. The van der Waals surface area contributed by atoms with Gasteiger partial charge in [0.15, 0.2) is 14.9 Å². The molecule has 0 saturated carbocycles. The minimum absolute atomic E-state index is 0.00994. The van der Waals surface area contributed by atoms with Crippen LogP contribution in [-0.4, -0.2) is 61.0 Å². The Morgan fingerprint density at radius 3 is 2.65 bits per heavy atom. The monoisotopic (exact) mass is 323 g/mol. The van der Waals surface area contributed by atoms with E-state index in [4.69, 9.17) is 0 Å². The highest BCUT2D eigenvalue weighted by molar-refractivity contribution is 7.92. The standard InChI is InChI=1S/C10H17N3O5S2/c1-7-9(5-14)10(12-11-7)20(17,18)13(2)8-3-4-19(15,16)6-8/h8,14H,3-6H2,1-2H3,(H,11,12). The molecule has 0 aliphatic carbocycles. The molecule has 0 amide bonds. The van der Waals surface area contributed by atoms with Crippen LogP contribution < -0.4 is 0 Å². The van der Waals surface area contributed by atoms with Crippen LogP contribution in [0.5, 0.6) is 0 Å². The van der Waals surface area contributed by atoms with Crippen molar-refractivity contribution >= 4 is 19.9 Å². The fraction of sp³-hybridized carbons (Fsp3) is 0.700. The van der Waals surface area contributed by atoms with Gasteiger partial charge in [0.05, 0.1) is 18.1 Å². The van der Waals surface area contributed by atoms with Gasteiger partial charge in [-0.25, -0.2) is 16.8 Å². The molecular weight excluding hydrogens is 306 g/mol. The van der Waals surface area contributed by atoms with Crippen molar-refractivity contribution in [1.82, 2.24) is 14.5 Å². The number of nitrogens with one attached hydrogen (secondary N) is 1. The molecule has 0 aromatic carbocycles. The zero-order chi connectivity index (χ0) is 15.1. The fourth-order valence-electron chi connectivity index (χ4n) is 2.22. The number of hydrogen-bond acceptors (Lipinski definition) is 6. The Labute approximate surface area is 117 Å². The van der Waals surface area contributed by atoms with Gasteiger partial charge in [0.1, 0.15) is 0 Å². The van der Waals surface area contributed by atoms with Crippen LogP contribution in [0.25, 0.3) is 0 Å². The van der Waals surface area contributed by atoms with Crippen LogP contribution >= 0.6 is 0 Å². The Bertz CT molecular complexity index is 707. The summed E-state index contributed by atoms with van der Waals surface area (Å²) in [6.07, 6.45) is 0.274. The van der Waals surface area contributed by atoms with Crippen molar-refractivity contribution in [3.8, 4) is 0 Å². The van der Waals surface area contributed by atoms with E-state index in [1.54, 1.807) is 6.92 Å². The summed E-state index contributed by atoms with van der Waals surface area (Å²) in [5.74, 6) is -0.190. The van der Waals surface area contributed by atoms with Crippen LogP contribution in [0.4, 0.5) is 0 Å². The van der Waals surface area contributed by atoms with Crippen molar-refractivity contribution in [2.75, 3.05) is 18.6 Å². The quantitative estimate of drug-likeness (QED) is 0.734. The molecule has 0 bridgehead atoms. The summed E-state index contributed by atoms with van der Waals surface area (Å²) in [5.41, 5.74) is 0.677. The Hall–Kier alpha value is -0.970. The third kappa shape index (κ3) is 2.60. The smallest absolute Gasteiger partial charge is 0.262 e. The van der Waals surface area contributed by atoms with E-state index < -0.39 is 32.5 Å². The van der Waals surface area contributed by atoms with Crippen molar-refractivity contribution < 1.29 is 21.9 Å². The second-order valence-corrected chi connectivity index (χ2v) is 9.01. The van der Waals surface area contributed by atoms with Crippen molar-refractivity contribution in [3.05, 3.63) is 11.3 Å².